The maximum atomic E-state index is 12.6. The van der Waals surface area contributed by atoms with Gasteiger partial charge in [0.05, 0.1) is 16.0 Å². The van der Waals surface area contributed by atoms with Crippen molar-refractivity contribution in [1.29, 1.82) is 0 Å². The van der Waals surface area contributed by atoms with Crippen LogP contribution in [0.2, 0.25) is 10.0 Å². The topological polar surface area (TPSA) is 92.7 Å². The number of halogens is 3. The average Bonchev–Trinajstić information content (AvgIpc) is 2.56. The summed E-state index contributed by atoms with van der Waals surface area (Å²) in [5.74, 6) is -1.43. The minimum Gasteiger partial charge on any atom is -0.489 e. The van der Waals surface area contributed by atoms with Gasteiger partial charge < -0.3 is 9.84 Å². The minimum atomic E-state index is -4.27. The Morgan fingerprint density at radius 1 is 1.15 bits per heavy atom. The molecule has 0 heterocycles. The molecule has 0 saturated carbocycles. The van der Waals surface area contributed by atoms with Gasteiger partial charge in [-0.25, -0.2) is 13.2 Å². The van der Waals surface area contributed by atoms with E-state index in [2.05, 4.69) is 0 Å². The molecule has 0 aliphatic rings. The molecule has 0 aliphatic carbocycles. The number of hydrogen-bond acceptors (Lipinski definition) is 4. The van der Waals surface area contributed by atoms with E-state index < -0.39 is 21.0 Å². The van der Waals surface area contributed by atoms with Crippen LogP contribution < -0.4 is 9.46 Å². The number of rotatable bonds is 7. The molecule has 0 bridgehead atoms. The number of carboxylic acid groups (broad SMARTS) is 1. The highest BCUT2D eigenvalue weighted by atomic mass is 35.5. The van der Waals surface area contributed by atoms with E-state index in [1.807, 2.05) is 4.72 Å². The fraction of sp³-hybridized carbons (Fsp3) is 0.235. The number of carbonyl (C=O) groups is 1. The molecule has 2 aromatic carbocycles. The second kappa shape index (κ2) is 8.24. The van der Waals surface area contributed by atoms with Crippen LogP contribution in [0.25, 0.3) is 0 Å². The summed E-state index contributed by atoms with van der Waals surface area (Å²) in [6, 6.07) is 9.17. The van der Waals surface area contributed by atoms with Crippen molar-refractivity contribution < 1.29 is 23.1 Å². The summed E-state index contributed by atoms with van der Waals surface area (Å²) in [6.07, 6.45) is -0.238. The van der Waals surface area contributed by atoms with E-state index in [-0.39, 0.29) is 27.3 Å². The minimum absolute atomic E-state index is 0.0609. The van der Waals surface area contributed by atoms with Gasteiger partial charge in [-0.1, -0.05) is 40.9 Å². The summed E-state index contributed by atoms with van der Waals surface area (Å²) in [4.78, 5) is 9.19. The van der Waals surface area contributed by atoms with Crippen LogP contribution in [0.4, 0.5) is 0 Å². The van der Waals surface area contributed by atoms with Gasteiger partial charge in [0.15, 0.2) is 0 Å². The van der Waals surface area contributed by atoms with E-state index in [0.717, 1.165) is 0 Å². The highest BCUT2D eigenvalue weighted by Crippen LogP contribution is 2.35. The Balaban J connectivity index is 2.49. The van der Waals surface area contributed by atoms with Crippen molar-refractivity contribution >= 4 is 50.8 Å². The van der Waals surface area contributed by atoms with Crippen LogP contribution in [-0.4, -0.2) is 25.6 Å². The predicted octanol–water partition coefficient (Wildman–Crippen LogP) is 4.24. The third kappa shape index (κ3) is 5.06. The fourth-order valence-corrected chi connectivity index (χ4v) is 4.04. The van der Waals surface area contributed by atoms with E-state index in [1.54, 1.807) is 13.8 Å². The number of carboxylic acids is 1. The van der Waals surface area contributed by atoms with Crippen molar-refractivity contribution in [3.63, 3.8) is 0 Å². The standard InChI is InChI=1S/C17H16Cl3NO5S/c1-10(2)26-15-9-11(3-8-14(15)19)17(20,16(22)23)21-27(24,25)13-6-4-12(18)5-7-13/h3-10,21H,1-2H3,(H,22,23). The number of hydrogen-bond donors (Lipinski definition) is 2. The molecule has 0 aromatic heterocycles. The van der Waals surface area contributed by atoms with Gasteiger partial charge in [0.2, 0.25) is 15.0 Å². The Hall–Kier alpha value is -1.51. The van der Waals surface area contributed by atoms with Crippen LogP contribution in [0.3, 0.4) is 0 Å². The lowest BCUT2D eigenvalue weighted by Gasteiger charge is -2.25. The first-order chi connectivity index (χ1) is 12.5. The number of sulfonamides is 1. The first-order valence-corrected chi connectivity index (χ1v) is 10.3. The van der Waals surface area contributed by atoms with Crippen molar-refractivity contribution in [3.8, 4) is 5.75 Å². The average molecular weight is 453 g/mol. The van der Waals surface area contributed by atoms with Crippen molar-refractivity contribution in [2.24, 2.45) is 0 Å². The second-order valence-electron chi connectivity index (χ2n) is 5.83. The van der Waals surface area contributed by atoms with Crippen molar-refractivity contribution in [2.75, 3.05) is 0 Å². The van der Waals surface area contributed by atoms with Crippen molar-refractivity contribution in [3.05, 3.63) is 58.1 Å². The molecule has 0 amide bonds. The predicted molar refractivity (Wildman–Crippen MR) is 104 cm³/mol. The fourth-order valence-electron chi connectivity index (χ4n) is 2.15. The summed E-state index contributed by atoms with van der Waals surface area (Å²) in [5, 5.41) is 10.2. The number of ether oxygens (including phenoxy) is 1. The van der Waals surface area contributed by atoms with Crippen LogP contribution in [-0.2, 0) is 19.8 Å². The maximum absolute atomic E-state index is 12.6. The molecule has 27 heavy (non-hydrogen) atoms. The second-order valence-corrected chi connectivity index (χ2v) is 8.93. The highest BCUT2D eigenvalue weighted by Gasteiger charge is 2.43. The zero-order valence-corrected chi connectivity index (χ0v) is 17.3. The first-order valence-electron chi connectivity index (χ1n) is 7.64. The van der Waals surface area contributed by atoms with Gasteiger partial charge in [0.25, 0.3) is 0 Å². The van der Waals surface area contributed by atoms with E-state index in [9.17, 15) is 18.3 Å². The molecule has 2 aromatic rings. The third-order valence-corrected chi connectivity index (χ3v) is 6.00. The Morgan fingerprint density at radius 2 is 1.74 bits per heavy atom. The van der Waals surface area contributed by atoms with Gasteiger partial charge in [-0.3, -0.25) is 0 Å². The van der Waals surface area contributed by atoms with Gasteiger partial charge in [0, 0.05) is 10.6 Å². The molecular formula is C17H16Cl3NO5S. The number of benzene rings is 2. The lowest BCUT2D eigenvalue weighted by atomic mass is 10.1. The van der Waals surface area contributed by atoms with E-state index in [0.29, 0.717) is 5.02 Å². The molecule has 10 heteroatoms. The van der Waals surface area contributed by atoms with Crippen LogP contribution in [0.15, 0.2) is 47.4 Å². The van der Waals surface area contributed by atoms with Gasteiger partial charge >= 0.3 is 5.97 Å². The number of alkyl halides is 1. The summed E-state index contributed by atoms with van der Waals surface area (Å²) in [6.45, 7) is 3.52. The molecule has 1 atom stereocenters. The lowest BCUT2D eigenvalue weighted by Crippen LogP contribution is -2.47. The first kappa shape index (κ1) is 21.8. The van der Waals surface area contributed by atoms with Gasteiger partial charge in [-0.05, 0) is 50.2 Å². The van der Waals surface area contributed by atoms with Crippen LogP contribution in [0.5, 0.6) is 5.75 Å². The monoisotopic (exact) mass is 451 g/mol. The van der Waals surface area contributed by atoms with Crippen molar-refractivity contribution in [1.82, 2.24) is 4.72 Å². The third-order valence-electron chi connectivity index (χ3n) is 3.39. The Morgan fingerprint density at radius 3 is 2.26 bits per heavy atom. The van der Waals surface area contributed by atoms with Gasteiger partial charge in [-0.15, -0.1) is 0 Å². The molecule has 0 saturated heterocycles. The Labute approximate surface area is 172 Å². The lowest BCUT2D eigenvalue weighted by molar-refractivity contribution is -0.140. The SMILES string of the molecule is CC(C)Oc1cc(C(Cl)(NS(=O)(=O)c2ccc(Cl)cc2)C(=O)O)ccc1Cl. The van der Waals surface area contributed by atoms with Crippen LogP contribution in [0, 0.1) is 0 Å². The number of nitrogens with one attached hydrogen (secondary N) is 1. The Bertz CT molecular complexity index is 948. The van der Waals surface area contributed by atoms with Gasteiger partial charge in [-0.2, -0.15) is 4.72 Å². The summed E-state index contributed by atoms with van der Waals surface area (Å²) in [7, 11) is -4.27. The highest BCUT2D eigenvalue weighted by molar-refractivity contribution is 7.89. The molecule has 0 radical (unpaired) electrons. The normalized spacial score (nSPS) is 14.0. The van der Waals surface area contributed by atoms with E-state index in [4.69, 9.17) is 39.5 Å². The molecule has 2 N–H and O–H groups in total. The molecule has 6 nitrogen and oxygen atoms in total. The molecule has 0 aliphatic heterocycles. The molecule has 1 unspecified atom stereocenters. The molecule has 0 spiro atoms. The summed E-state index contributed by atoms with van der Waals surface area (Å²) >= 11 is 18.0. The zero-order valence-electron chi connectivity index (χ0n) is 14.2. The number of aliphatic carboxylic acids is 1. The zero-order chi connectivity index (χ0) is 20.4. The summed E-state index contributed by atoms with van der Waals surface area (Å²) in [5.41, 5.74) is -0.0609. The molecular weight excluding hydrogens is 437 g/mol. The largest absolute Gasteiger partial charge is 0.489 e. The van der Waals surface area contributed by atoms with Crippen LogP contribution >= 0.6 is 34.8 Å². The molecule has 146 valence electrons. The Kier molecular flexibility index (Phi) is 6.65. The molecule has 0 fully saturated rings. The molecule has 2 rings (SSSR count). The van der Waals surface area contributed by atoms with Crippen molar-refractivity contribution in [2.45, 2.75) is 29.8 Å². The summed E-state index contributed by atoms with van der Waals surface area (Å²) < 4.78 is 32.7. The van der Waals surface area contributed by atoms with E-state index in [1.165, 1.54) is 42.5 Å². The maximum Gasteiger partial charge on any atom is 0.345 e. The smallest absolute Gasteiger partial charge is 0.345 e. The van der Waals surface area contributed by atoms with Crippen LogP contribution in [0.1, 0.15) is 19.4 Å². The quantitative estimate of drug-likeness (QED) is 0.484. The van der Waals surface area contributed by atoms with E-state index >= 15 is 0 Å². The van der Waals surface area contributed by atoms with Gasteiger partial charge in [0.1, 0.15) is 5.75 Å².